The van der Waals surface area contributed by atoms with Gasteiger partial charge in [0.25, 0.3) is 0 Å². The van der Waals surface area contributed by atoms with Crippen LogP contribution >= 0.6 is 0 Å². The zero-order valence-corrected chi connectivity index (χ0v) is 16.7. The Morgan fingerprint density at radius 1 is 1.12 bits per heavy atom. The minimum Gasteiger partial charge on any atom is -0.305 e. The van der Waals surface area contributed by atoms with Gasteiger partial charge in [0.2, 0.25) is 0 Å². The maximum absolute atomic E-state index is 14.0. The number of amides is 2. The first kappa shape index (κ1) is 20.4. The van der Waals surface area contributed by atoms with Crippen molar-refractivity contribution in [2.24, 2.45) is 0 Å². The number of aromatic nitrogens is 2. The summed E-state index contributed by atoms with van der Waals surface area (Å²) in [5.41, 5.74) is 0.760. The van der Waals surface area contributed by atoms with E-state index in [4.69, 9.17) is 0 Å². The molecular formula is C23H18F4N4O. The summed E-state index contributed by atoms with van der Waals surface area (Å²) in [5, 5.41) is 2.58. The molecule has 0 saturated heterocycles. The normalized spacial score (nSPS) is 19.6. The molecule has 164 valence electrons. The van der Waals surface area contributed by atoms with Gasteiger partial charge in [0.05, 0.1) is 23.1 Å². The summed E-state index contributed by atoms with van der Waals surface area (Å²) < 4.78 is 53.5. The van der Waals surface area contributed by atoms with Crippen LogP contribution in [0.1, 0.15) is 36.3 Å². The number of hydrogen-bond acceptors (Lipinski definition) is 3. The number of urea groups is 1. The molecule has 0 radical (unpaired) electrons. The first-order chi connectivity index (χ1) is 15.3. The lowest BCUT2D eigenvalue weighted by Gasteiger charge is -2.24. The number of alkyl halides is 3. The van der Waals surface area contributed by atoms with Gasteiger partial charge in [0.15, 0.2) is 5.82 Å². The van der Waals surface area contributed by atoms with Crippen molar-refractivity contribution in [3.63, 3.8) is 0 Å². The van der Waals surface area contributed by atoms with Crippen LogP contribution in [0.2, 0.25) is 0 Å². The van der Waals surface area contributed by atoms with Gasteiger partial charge in [-0.2, -0.15) is 13.2 Å². The number of nitrogens with one attached hydrogen (secondary N) is 1. The molecule has 3 aromatic rings. The van der Waals surface area contributed by atoms with Crippen LogP contribution in [0.15, 0.2) is 54.9 Å². The van der Waals surface area contributed by atoms with Crippen molar-refractivity contribution >= 4 is 17.5 Å². The standard InChI is InChI=1S/C23H18F4N4O/c24-17-12-28-10-9-19(17)30-22(32)31-20-6-2-5-15(20)16-7-8-18(29-21(16)31)13-3-1-4-14(11-13)23(25,26)27/h1,3-4,7-12,15,20H,2,5-6H2,(H,28,30,32). The van der Waals surface area contributed by atoms with Crippen LogP contribution in [-0.4, -0.2) is 22.0 Å². The molecule has 1 aromatic carbocycles. The van der Waals surface area contributed by atoms with Gasteiger partial charge in [-0.05, 0) is 37.1 Å². The summed E-state index contributed by atoms with van der Waals surface area (Å²) in [7, 11) is 0. The SMILES string of the molecule is O=C(Nc1ccncc1F)N1c2nc(-c3cccc(C(F)(F)F)c3)ccc2C2CCCC21. The largest absolute Gasteiger partial charge is 0.416 e. The smallest absolute Gasteiger partial charge is 0.305 e. The van der Waals surface area contributed by atoms with E-state index in [-0.39, 0.29) is 17.6 Å². The van der Waals surface area contributed by atoms with Crippen LogP contribution < -0.4 is 10.2 Å². The molecule has 5 rings (SSSR count). The van der Waals surface area contributed by atoms with E-state index >= 15 is 0 Å². The molecule has 2 amide bonds. The van der Waals surface area contributed by atoms with Crippen molar-refractivity contribution in [2.45, 2.75) is 37.4 Å². The number of nitrogens with zero attached hydrogens (tertiary/aromatic N) is 3. The van der Waals surface area contributed by atoms with E-state index in [9.17, 15) is 22.4 Å². The fraction of sp³-hybridized carbons (Fsp3) is 0.261. The average Bonchev–Trinajstić information content (AvgIpc) is 3.35. The summed E-state index contributed by atoms with van der Waals surface area (Å²) in [5.74, 6) is -0.156. The number of rotatable bonds is 2. The van der Waals surface area contributed by atoms with Gasteiger partial charge < -0.3 is 5.32 Å². The molecule has 1 aliphatic carbocycles. The number of halogens is 4. The fourth-order valence-corrected chi connectivity index (χ4v) is 4.63. The van der Waals surface area contributed by atoms with Crippen molar-refractivity contribution < 1.29 is 22.4 Å². The lowest BCUT2D eigenvalue weighted by atomic mass is 9.98. The maximum atomic E-state index is 14.0. The molecule has 2 atom stereocenters. The first-order valence-electron chi connectivity index (χ1n) is 10.2. The zero-order chi connectivity index (χ0) is 22.5. The molecule has 1 N–H and O–H groups in total. The van der Waals surface area contributed by atoms with Crippen LogP contribution in [0.25, 0.3) is 11.3 Å². The Balaban J connectivity index is 1.53. The molecule has 0 bridgehead atoms. The van der Waals surface area contributed by atoms with Gasteiger partial charge in [-0.3, -0.25) is 9.88 Å². The van der Waals surface area contributed by atoms with E-state index in [1.807, 2.05) is 6.07 Å². The second-order valence-electron chi connectivity index (χ2n) is 7.95. The third kappa shape index (κ3) is 3.47. The van der Waals surface area contributed by atoms with Crippen LogP contribution in [0, 0.1) is 5.82 Å². The average molecular weight is 442 g/mol. The third-order valence-electron chi connectivity index (χ3n) is 6.06. The monoisotopic (exact) mass is 442 g/mol. The first-order valence-corrected chi connectivity index (χ1v) is 10.2. The molecule has 9 heteroatoms. The molecule has 2 aromatic heterocycles. The Hall–Kier alpha value is -3.49. The summed E-state index contributed by atoms with van der Waals surface area (Å²) in [6.45, 7) is 0. The van der Waals surface area contributed by atoms with Crippen LogP contribution in [0.4, 0.5) is 33.9 Å². The van der Waals surface area contributed by atoms with Crippen molar-refractivity contribution in [2.75, 3.05) is 10.2 Å². The highest BCUT2D eigenvalue weighted by molar-refractivity contribution is 6.03. The number of carbonyl (C=O) groups is 1. The molecule has 1 saturated carbocycles. The summed E-state index contributed by atoms with van der Waals surface area (Å²) >= 11 is 0. The van der Waals surface area contributed by atoms with Gasteiger partial charge in [-0.25, -0.2) is 14.2 Å². The van der Waals surface area contributed by atoms with Crippen LogP contribution in [0.3, 0.4) is 0 Å². The van der Waals surface area contributed by atoms with E-state index < -0.39 is 23.6 Å². The van der Waals surface area contributed by atoms with Crippen molar-refractivity contribution in [3.8, 4) is 11.3 Å². The van der Waals surface area contributed by atoms with Gasteiger partial charge in [0.1, 0.15) is 5.82 Å². The molecule has 32 heavy (non-hydrogen) atoms. The predicted molar refractivity (Wildman–Crippen MR) is 111 cm³/mol. The van der Waals surface area contributed by atoms with E-state index in [0.717, 1.165) is 43.2 Å². The number of hydrogen-bond donors (Lipinski definition) is 1. The van der Waals surface area contributed by atoms with Crippen LogP contribution in [0.5, 0.6) is 0 Å². The van der Waals surface area contributed by atoms with Crippen molar-refractivity contribution in [3.05, 3.63) is 71.8 Å². The predicted octanol–water partition coefficient (Wildman–Crippen LogP) is 5.99. The molecule has 2 unspecified atom stereocenters. The van der Waals surface area contributed by atoms with Crippen molar-refractivity contribution in [1.82, 2.24) is 9.97 Å². The van der Waals surface area contributed by atoms with E-state index in [0.29, 0.717) is 17.1 Å². The topological polar surface area (TPSA) is 58.1 Å². The minimum atomic E-state index is -4.47. The number of fused-ring (bicyclic) bond motifs is 3. The Kier molecular flexibility index (Phi) is 4.83. The Bertz CT molecular complexity index is 1200. The lowest BCUT2D eigenvalue weighted by molar-refractivity contribution is -0.137. The fourth-order valence-electron chi connectivity index (χ4n) is 4.63. The highest BCUT2D eigenvalue weighted by Crippen LogP contribution is 2.49. The van der Waals surface area contributed by atoms with Gasteiger partial charge in [-0.1, -0.05) is 24.6 Å². The number of carbonyl (C=O) groups excluding carboxylic acids is 1. The van der Waals surface area contributed by atoms with Gasteiger partial charge in [0, 0.05) is 29.3 Å². The highest BCUT2D eigenvalue weighted by Gasteiger charge is 2.45. The number of benzene rings is 1. The van der Waals surface area contributed by atoms with E-state index in [1.54, 1.807) is 12.1 Å². The minimum absolute atomic E-state index is 0.00188. The molecular weight excluding hydrogens is 424 g/mol. The summed E-state index contributed by atoms with van der Waals surface area (Å²) in [4.78, 5) is 22.9. The lowest BCUT2D eigenvalue weighted by Crippen LogP contribution is -2.40. The van der Waals surface area contributed by atoms with E-state index in [2.05, 4.69) is 15.3 Å². The molecule has 2 aliphatic rings. The van der Waals surface area contributed by atoms with Gasteiger partial charge >= 0.3 is 12.2 Å². The third-order valence-corrected chi connectivity index (χ3v) is 6.06. The molecule has 0 spiro atoms. The summed E-state index contributed by atoms with van der Waals surface area (Å²) in [6.07, 6.45) is 0.512. The molecule has 1 aliphatic heterocycles. The Morgan fingerprint density at radius 2 is 1.97 bits per heavy atom. The number of pyridine rings is 2. The van der Waals surface area contributed by atoms with Gasteiger partial charge in [-0.15, -0.1) is 0 Å². The Morgan fingerprint density at radius 3 is 2.75 bits per heavy atom. The van der Waals surface area contributed by atoms with Crippen molar-refractivity contribution in [1.29, 1.82) is 0 Å². The molecule has 5 nitrogen and oxygen atoms in total. The Labute approximate surface area is 181 Å². The maximum Gasteiger partial charge on any atom is 0.416 e. The van der Waals surface area contributed by atoms with Crippen LogP contribution in [-0.2, 0) is 6.18 Å². The second-order valence-corrected chi connectivity index (χ2v) is 7.95. The molecule has 3 heterocycles. The highest BCUT2D eigenvalue weighted by atomic mass is 19.4. The summed E-state index contributed by atoms with van der Waals surface area (Å²) in [6, 6.07) is 9.16. The number of anilines is 2. The molecule has 1 fully saturated rings. The van der Waals surface area contributed by atoms with E-state index in [1.165, 1.54) is 23.2 Å². The second kappa shape index (κ2) is 7.58. The quantitative estimate of drug-likeness (QED) is 0.496. The zero-order valence-electron chi connectivity index (χ0n) is 16.7.